The Morgan fingerprint density at radius 2 is 1.63 bits per heavy atom. The molecule has 1 spiro atoms. The van der Waals surface area contributed by atoms with Crippen LogP contribution in [-0.4, -0.2) is 104 Å². The zero-order chi connectivity index (χ0) is 30.4. The van der Waals surface area contributed by atoms with Crippen LogP contribution in [0.15, 0.2) is 71.7 Å². The number of hydrogen-bond acceptors (Lipinski definition) is 8. The van der Waals surface area contributed by atoms with Crippen LogP contribution in [0.5, 0.6) is 0 Å². The van der Waals surface area contributed by atoms with Gasteiger partial charge in [0.05, 0.1) is 29.4 Å². The average Bonchev–Trinajstić information content (AvgIpc) is 3.71. The SMILES string of the molecule is C=CCN1C(=O)C2(/C(=C(/O)c3ccc(S(=O)(=O)N4CCCC4)cc3)C(=O)C(=O)N2CCN2CCOCC2)c2ccccc21. The minimum atomic E-state index is -3.71. The summed E-state index contributed by atoms with van der Waals surface area (Å²) in [6.07, 6.45) is 3.15. The van der Waals surface area contributed by atoms with Crippen LogP contribution < -0.4 is 4.90 Å². The van der Waals surface area contributed by atoms with Gasteiger partial charge in [-0.2, -0.15) is 4.31 Å². The molecule has 1 unspecified atom stereocenters. The van der Waals surface area contributed by atoms with E-state index in [9.17, 15) is 27.9 Å². The number of aliphatic hydroxyl groups is 1. The average molecular weight is 607 g/mol. The maximum atomic E-state index is 14.5. The Hall–Kier alpha value is -3.84. The molecule has 3 fully saturated rings. The van der Waals surface area contributed by atoms with Gasteiger partial charge in [0, 0.05) is 56.9 Å². The zero-order valence-electron chi connectivity index (χ0n) is 23.8. The number of amides is 2. The van der Waals surface area contributed by atoms with Crippen LogP contribution in [0.25, 0.3) is 5.76 Å². The van der Waals surface area contributed by atoms with Gasteiger partial charge in [0.25, 0.3) is 17.6 Å². The van der Waals surface area contributed by atoms with Gasteiger partial charge in [0.2, 0.25) is 10.0 Å². The molecule has 0 bridgehead atoms. The molecular formula is C31H34N4O7S. The van der Waals surface area contributed by atoms with Gasteiger partial charge in [0.1, 0.15) is 5.76 Å². The summed E-state index contributed by atoms with van der Waals surface area (Å²) in [6, 6.07) is 12.5. The number of para-hydroxylation sites is 1. The first kappa shape index (κ1) is 29.2. The van der Waals surface area contributed by atoms with E-state index < -0.39 is 38.9 Å². The number of hydrogen-bond donors (Lipinski definition) is 1. The number of aliphatic hydroxyl groups excluding tert-OH is 1. The number of ether oxygens (including phenoxy) is 1. The summed E-state index contributed by atoms with van der Waals surface area (Å²) in [5, 5.41) is 11.7. The number of ketones is 1. The fourth-order valence-electron chi connectivity index (χ4n) is 6.55. The van der Waals surface area contributed by atoms with E-state index in [-0.39, 0.29) is 29.1 Å². The van der Waals surface area contributed by atoms with E-state index in [1.54, 1.807) is 30.3 Å². The standard InChI is InChI=1S/C31H34N4O7S/c1-2-13-34-25-8-4-3-7-24(25)31(30(34)39)26(28(37)29(38)35(31)17-16-32-18-20-42-21-19-32)27(36)22-9-11-23(12-10-22)43(40,41)33-14-5-6-15-33/h2-4,7-12,36H,1,5-6,13-21H2/b27-26+. The van der Waals surface area contributed by atoms with E-state index in [4.69, 9.17) is 4.74 Å². The van der Waals surface area contributed by atoms with Crippen LogP contribution in [0.2, 0.25) is 0 Å². The Kier molecular flexibility index (Phi) is 7.71. The molecule has 1 atom stereocenters. The predicted octanol–water partition coefficient (Wildman–Crippen LogP) is 1.91. The number of carbonyl (C=O) groups excluding carboxylic acids is 3. The molecule has 1 N–H and O–H groups in total. The highest BCUT2D eigenvalue weighted by molar-refractivity contribution is 7.89. The second-order valence-electron chi connectivity index (χ2n) is 11.0. The molecule has 6 rings (SSSR count). The van der Waals surface area contributed by atoms with E-state index >= 15 is 0 Å². The number of anilines is 1. The number of morpholine rings is 1. The molecule has 12 heteroatoms. The minimum absolute atomic E-state index is 0.0612. The maximum absolute atomic E-state index is 14.5. The molecule has 3 saturated heterocycles. The topological polar surface area (TPSA) is 128 Å². The lowest BCUT2D eigenvalue weighted by molar-refractivity contribution is -0.144. The molecule has 4 heterocycles. The Morgan fingerprint density at radius 1 is 0.953 bits per heavy atom. The van der Waals surface area contributed by atoms with Gasteiger partial charge in [-0.25, -0.2) is 8.42 Å². The Bertz CT molecular complexity index is 1610. The van der Waals surface area contributed by atoms with Gasteiger partial charge in [-0.05, 0) is 43.2 Å². The van der Waals surface area contributed by atoms with Gasteiger partial charge < -0.3 is 19.6 Å². The normalized spacial score (nSPS) is 24.3. The summed E-state index contributed by atoms with van der Waals surface area (Å²) in [4.78, 5) is 47.0. The van der Waals surface area contributed by atoms with Gasteiger partial charge in [0.15, 0.2) is 5.54 Å². The molecule has 0 aliphatic carbocycles. The van der Waals surface area contributed by atoms with E-state index in [0.29, 0.717) is 57.2 Å². The van der Waals surface area contributed by atoms with Gasteiger partial charge in [-0.3, -0.25) is 19.3 Å². The first-order valence-electron chi connectivity index (χ1n) is 14.5. The number of Topliss-reactive ketones (excluding diaryl/α,β-unsaturated/α-hetero) is 1. The Morgan fingerprint density at radius 3 is 2.30 bits per heavy atom. The molecule has 2 aromatic rings. The minimum Gasteiger partial charge on any atom is -0.507 e. The third-order valence-corrected chi connectivity index (χ3v) is 10.6. The molecule has 0 saturated carbocycles. The highest BCUT2D eigenvalue weighted by Gasteiger charge is 2.67. The van der Waals surface area contributed by atoms with Crippen LogP contribution in [0.3, 0.4) is 0 Å². The molecule has 226 valence electrons. The third-order valence-electron chi connectivity index (χ3n) is 8.70. The van der Waals surface area contributed by atoms with Crippen LogP contribution in [-0.2, 0) is 34.7 Å². The van der Waals surface area contributed by atoms with Crippen molar-refractivity contribution in [3.8, 4) is 0 Å². The number of benzene rings is 2. The number of fused-ring (bicyclic) bond motifs is 2. The zero-order valence-corrected chi connectivity index (χ0v) is 24.6. The summed E-state index contributed by atoms with van der Waals surface area (Å²) in [7, 11) is -3.71. The fraction of sp³-hybridized carbons (Fsp3) is 0.387. The monoisotopic (exact) mass is 606 g/mol. The highest BCUT2D eigenvalue weighted by Crippen LogP contribution is 2.53. The molecular weight excluding hydrogens is 572 g/mol. The molecule has 2 aromatic carbocycles. The van der Waals surface area contributed by atoms with E-state index in [1.807, 2.05) is 0 Å². The van der Waals surface area contributed by atoms with Crippen molar-refractivity contribution in [2.45, 2.75) is 23.3 Å². The van der Waals surface area contributed by atoms with E-state index in [2.05, 4.69) is 11.5 Å². The van der Waals surface area contributed by atoms with Crippen molar-refractivity contribution in [3.63, 3.8) is 0 Å². The maximum Gasteiger partial charge on any atom is 0.296 e. The lowest BCUT2D eigenvalue weighted by Gasteiger charge is -2.36. The van der Waals surface area contributed by atoms with Crippen molar-refractivity contribution in [1.82, 2.24) is 14.1 Å². The number of nitrogens with zero attached hydrogens (tertiary/aromatic N) is 4. The van der Waals surface area contributed by atoms with E-state index in [0.717, 1.165) is 12.8 Å². The number of carbonyl (C=O) groups is 3. The van der Waals surface area contributed by atoms with Crippen LogP contribution in [0, 0.1) is 0 Å². The molecule has 11 nitrogen and oxygen atoms in total. The second kappa shape index (κ2) is 11.3. The Labute approximate surface area is 250 Å². The largest absolute Gasteiger partial charge is 0.507 e. The second-order valence-corrected chi connectivity index (χ2v) is 13.0. The summed E-state index contributed by atoms with van der Waals surface area (Å²) >= 11 is 0. The first-order chi connectivity index (χ1) is 20.7. The highest BCUT2D eigenvalue weighted by atomic mass is 32.2. The van der Waals surface area contributed by atoms with Gasteiger partial charge in [-0.1, -0.05) is 24.3 Å². The molecule has 4 aliphatic rings. The number of sulfonamides is 1. The van der Waals surface area contributed by atoms with Gasteiger partial charge >= 0.3 is 0 Å². The van der Waals surface area contributed by atoms with E-state index in [1.165, 1.54) is 38.4 Å². The predicted molar refractivity (Wildman–Crippen MR) is 159 cm³/mol. The molecule has 4 aliphatic heterocycles. The van der Waals surface area contributed by atoms with Crippen LogP contribution >= 0.6 is 0 Å². The number of rotatable bonds is 8. The van der Waals surface area contributed by atoms with Crippen molar-refractivity contribution in [2.24, 2.45) is 0 Å². The van der Waals surface area contributed by atoms with Crippen LogP contribution in [0.1, 0.15) is 24.0 Å². The summed E-state index contributed by atoms with van der Waals surface area (Å²) in [5.41, 5.74) is -1.18. The lowest BCUT2D eigenvalue weighted by Crippen LogP contribution is -2.54. The summed E-state index contributed by atoms with van der Waals surface area (Å²) in [5.74, 6) is -2.94. The van der Waals surface area contributed by atoms with Gasteiger partial charge in [-0.15, -0.1) is 6.58 Å². The van der Waals surface area contributed by atoms with Crippen molar-refractivity contribution >= 4 is 39.1 Å². The molecule has 0 aromatic heterocycles. The van der Waals surface area contributed by atoms with Crippen molar-refractivity contribution in [2.75, 3.05) is 63.9 Å². The van der Waals surface area contributed by atoms with Crippen molar-refractivity contribution in [1.29, 1.82) is 0 Å². The summed E-state index contributed by atoms with van der Waals surface area (Å²) < 4.78 is 33.0. The lowest BCUT2D eigenvalue weighted by atomic mass is 9.82. The summed E-state index contributed by atoms with van der Waals surface area (Å²) in [6.45, 7) is 7.66. The first-order valence-corrected chi connectivity index (χ1v) is 15.9. The smallest absolute Gasteiger partial charge is 0.296 e. The fourth-order valence-corrected chi connectivity index (χ4v) is 8.07. The van der Waals surface area contributed by atoms with Crippen LogP contribution in [0.4, 0.5) is 5.69 Å². The van der Waals surface area contributed by atoms with Crippen molar-refractivity contribution < 1.29 is 32.6 Å². The third kappa shape index (κ3) is 4.60. The molecule has 43 heavy (non-hydrogen) atoms. The van der Waals surface area contributed by atoms with Crippen molar-refractivity contribution in [3.05, 3.63) is 77.9 Å². The Balaban J connectivity index is 1.48. The molecule has 2 amide bonds. The quantitative estimate of drug-likeness (QED) is 0.209. The number of likely N-dealkylation sites (tertiary alicyclic amines) is 1. The molecule has 0 radical (unpaired) electrons.